The van der Waals surface area contributed by atoms with E-state index in [0.29, 0.717) is 0 Å². The molecule has 0 spiro atoms. The van der Waals surface area contributed by atoms with Gasteiger partial charge in [-0.3, -0.25) is 9.59 Å². The highest BCUT2D eigenvalue weighted by Gasteiger charge is 2.19. The van der Waals surface area contributed by atoms with Gasteiger partial charge < -0.3 is 10.6 Å². The Hall–Kier alpha value is -2.28. The van der Waals surface area contributed by atoms with Crippen LogP contribution in [0.3, 0.4) is 0 Å². The molecule has 2 N–H and O–H groups in total. The zero-order valence-corrected chi connectivity index (χ0v) is 12.5. The average Bonchev–Trinajstić information content (AvgIpc) is 2.95. The lowest BCUT2D eigenvalue weighted by atomic mass is 10.1. The van der Waals surface area contributed by atoms with Gasteiger partial charge in [-0.2, -0.15) is 0 Å². The number of rotatable bonds is 5. The summed E-state index contributed by atoms with van der Waals surface area (Å²) in [5, 5.41) is 6.81. The van der Waals surface area contributed by atoms with Crippen molar-refractivity contribution in [3.05, 3.63) is 52.2 Å². The van der Waals surface area contributed by atoms with Crippen LogP contribution in [-0.4, -0.2) is 11.8 Å². The Morgan fingerprint density at radius 1 is 1.27 bits per heavy atom. The molecule has 116 valence electrons. The zero-order chi connectivity index (χ0) is 16.1. The molecule has 2 amide bonds. The van der Waals surface area contributed by atoms with E-state index in [1.54, 1.807) is 12.1 Å². The average molecular weight is 324 g/mol. The van der Waals surface area contributed by atoms with Crippen molar-refractivity contribution in [2.75, 3.05) is 5.32 Å². The van der Waals surface area contributed by atoms with Gasteiger partial charge in [0.25, 0.3) is 0 Å². The van der Waals surface area contributed by atoms with Crippen LogP contribution in [0.4, 0.5) is 14.5 Å². The molecule has 1 aromatic carbocycles. The van der Waals surface area contributed by atoms with Gasteiger partial charge in [0.15, 0.2) is 0 Å². The van der Waals surface area contributed by atoms with Crippen LogP contribution in [0.5, 0.6) is 0 Å². The quantitative estimate of drug-likeness (QED) is 0.887. The molecule has 1 atom stereocenters. The van der Waals surface area contributed by atoms with Crippen molar-refractivity contribution in [1.82, 2.24) is 5.32 Å². The highest BCUT2D eigenvalue weighted by molar-refractivity contribution is 7.10. The molecule has 0 radical (unpaired) electrons. The van der Waals surface area contributed by atoms with Gasteiger partial charge in [-0.05, 0) is 23.6 Å². The Morgan fingerprint density at radius 2 is 2.05 bits per heavy atom. The van der Waals surface area contributed by atoms with Gasteiger partial charge in [0.1, 0.15) is 11.6 Å². The molecule has 0 saturated heterocycles. The normalized spacial score (nSPS) is 11.8. The Kier molecular flexibility index (Phi) is 5.21. The minimum atomic E-state index is -0.720. The van der Waals surface area contributed by atoms with Gasteiger partial charge in [-0.25, -0.2) is 8.78 Å². The summed E-state index contributed by atoms with van der Waals surface area (Å²) in [7, 11) is 0. The van der Waals surface area contributed by atoms with Crippen molar-refractivity contribution >= 4 is 28.8 Å². The summed E-state index contributed by atoms with van der Waals surface area (Å²) < 4.78 is 26.6. The van der Waals surface area contributed by atoms with Crippen molar-refractivity contribution in [3.8, 4) is 0 Å². The van der Waals surface area contributed by atoms with Crippen LogP contribution < -0.4 is 10.6 Å². The highest BCUT2D eigenvalue weighted by atomic mass is 32.1. The van der Waals surface area contributed by atoms with Crippen LogP contribution in [0.1, 0.15) is 24.3 Å². The van der Waals surface area contributed by atoms with Crippen LogP contribution in [0, 0.1) is 11.6 Å². The number of thiophene rings is 1. The molecular formula is C15H14F2N2O2S. The predicted octanol–water partition coefficient (Wildman–Crippen LogP) is 3.23. The van der Waals surface area contributed by atoms with Gasteiger partial charge >= 0.3 is 0 Å². The summed E-state index contributed by atoms with van der Waals surface area (Å²) in [5.41, 5.74) is -0.224. The van der Waals surface area contributed by atoms with E-state index in [2.05, 4.69) is 10.6 Å². The van der Waals surface area contributed by atoms with E-state index in [1.165, 1.54) is 18.3 Å². The molecule has 7 heteroatoms. The van der Waals surface area contributed by atoms with Crippen LogP contribution in [0.25, 0.3) is 0 Å². The first kappa shape index (κ1) is 16.1. The Balaban J connectivity index is 2.08. The maximum Gasteiger partial charge on any atom is 0.226 e. The van der Waals surface area contributed by atoms with Gasteiger partial charge in [0.2, 0.25) is 11.8 Å². The topological polar surface area (TPSA) is 58.2 Å². The fourth-order valence-electron chi connectivity index (χ4n) is 1.94. The summed E-state index contributed by atoms with van der Waals surface area (Å²) in [6.07, 6.45) is -0.0734. The summed E-state index contributed by atoms with van der Waals surface area (Å²) in [6.45, 7) is 1.35. The Labute approximate surface area is 130 Å². The number of carbonyl (C=O) groups is 2. The monoisotopic (exact) mass is 324 g/mol. The molecule has 0 saturated carbocycles. The van der Waals surface area contributed by atoms with E-state index in [-0.39, 0.29) is 18.0 Å². The Morgan fingerprint density at radius 3 is 2.68 bits per heavy atom. The summed E-state index contributed by atoms with van der Waals surface area (Å²) >= 11 is 1.40. The van der Waals surface area contributed by atoms with E-state index >= 15 is 0 Å². The molecule has 0 fully saturated rings. The number of carbonyl (C=O) groups excluding carboxylic acids is 2. The number of amides is 2. The number of hydrogen-bond acceptors (Lipinski definition) is 3. The number of halogens is 2. The maximum absolute atomic E-state index is 13.5. The SMILES string of the molecule is CC(=O)NC(CC(=O)Nc1cc(F)ccc1F)c1cccs1. The third-order valence-electron chi connectivity index (χ3n) is 2.86. The number of anilines is 1. The standard InChI is InChI=1S/C15H14F2N2O2S/c1-9(20)18-13(14-3-2-6-22-14)8-15(21)19-12-7-10(16)4-5-11(12)17/h2-7,13H,8H2,1H3,(H,18,20)(H,19,21). The second kappa shape index (κ2) is 7.13. The van der Waals surface area contributed by atoms with Crippen molar-refractivity contribution in [2.24, 2.45) is 0 Å². The van der Waals surface area contributed by atoms with Crippen molar-refractivity contribution in [2.45, 2.75) is 19.4 Å². The van der Waals surface area contributed by atoms with E-state index in [9.17, 15) is 18.4 Å². The molecule has 0 bridgehead atoms. The molecule has 0 aliphatic carbocycles. The predicted molar refractivity (Wildman–Crippen MR) is 80.5 cm³/mol. The summed E-state index contributed by atoms with van der Waals surface area (Å²) in [5.74, 6) is -2.16. The van der Waals surface area contributed by atoms with Crippen LogP contribution >= 0.6 is 11.3 Å². The fourth-order valence-corrected chi connectivity index (χ4v) is 2.72. The second-order valence-corrected chi connectivity index (χ2v) is 5.62. The fraction of sp³-hybridized carbons (Fsp3) is 0.200. The Bertz CT molecular complexity index is 674. The highest BCUT2D eigenvalue weighted by Crippen LogP contribution is 2.23. The number of nitrogens with one attached hydrogen (secondary N) is 2. The molecule has 22 heavy (non-hydrogen) atoms. The van der Waals surface area contributed by atoms with Crippen molar-refractivity contribution in [1.29, 1.82) is 0 Å². The number of hydrogen-bond donors (Lipinski definition) is 2. The van der Waals surface area contributed by atoms with Crippen LogP contribution in [0.15, 0.2) is 35.7 Å². The third kappa shape index (κ3) is 4.36. The number of benzene rings is 1. The van der Waals surface area contributed by atoms with Crippen LogP contribution in [0.2, 0.25) is 0 Å². The third-order valence-corrected chi connectivity index (χ3v) is 3.84. The van der Waals surface area contributed by atoms with E-state index < -0.39 is 23.6 Å². The molecule has 0 aliphatic heterocycles. The molecule has 1 heterocycles. The summed E-state index contributed by atoms with van der Waals surface area (Å²) in [4.78, 5) is 24.1. The molecule has 0 aliphatic rings. The molecule has 2 rings (SSSR count). The first-order chi connectivity index (χ1) is 10.5. The van der Waals surface area contributed by atoms with Crippen molar-refractivity contribution in [3.63, 3.8) is 0 Å². The van der Waals surface area contributed by atoms with Crippen LogP contribution in [-0.2, 0) is 9.59 Å². The lowest BCUT2D eigenvalue weighted by Crippen LogP contribution is -2.29. The lowest BCUT2D eigenvalue weighted by molar-refractivity contribution is -0.120. The largest absolute Gasteiger partial charge is 0.348 e. The second-order valence-electron chi connectivity index (χ2n) is 4.64. The smallest absolute Gasteiger partial charge is 0.226 e. The van der Waals surface area contributed by atoms with Gasteiger partial charge in [0.05, 0.1) is 18.2 Å². The van der Waals surface area contributed by atoms with E-state index in [4.69, 9.17) is 0 Å². The van der Waals surface area contributed by atoms with E-state index in [1.807, 2.05) is 5.38 Å². The minimum absolute atomic E-state index is 0.0734. The van der Waals surface area contributed by atoms with Gasteiger partial charge in [-0.1, -0.05) is 6.07 Å². The van der Waals surface area contributed by atoms with Gasteiger partial charge in [-0.15, -0.1) is 11.3 Å². The molecule has 1 aromatic heterocycles. The molecule has 1 unspecified atom stereocenters. The lowest BCUT2D eigenvalue weighted by Gasteiger charge is -2.16. The van der Waals surface area contributed by atoms with E-state index in [0.717, 1.165) is 23.1 Å². The first-order valence-electron chi connectivity index (χ1n) is 6.51. The molecule has 2 aromatic rings. The minimum Gasteiger partial charge on any atom is -0.348 e. The zero-order valence-electron chi connectivity index (χ0n) is 11.7. The molecular weight excluding hydrogens is 310 g/mol. The van der Waals surface area contributed by atoms with Crippen molar-refractivity contribution < 1.29 is 18.4 Å². The molecule has 4 nitrogen and oxygen atoms in total. The summed E-state index contributed by atoms with van der Waals surface area (Å²) in [6, 6.07) is 5.91. The van der Waals surface area contributed by atoms with Gasteiger partial charge in [0, 0.05) is 17.9 Å². The first-order valence-corrected chi connectivity index (χ1v) is 7.39. The maximum atomic E-state index is 13.5.